The molecule has 0 heterocycles. The van der Waals surface area contributed by atoms with Crippen LogP contribution in [0, 0.1) is 5.41 Å². The van der Waals surface area contributed by atoms with Crippen LogP contribution in [0.2, 0.25) is 0 Å². The van der Waals surface area contributed by atoms with E-state index in [0.717, 1.165) is 31.6 Å². The molecule has 1 amide bonds. The number of carbonyl (C=O) groups is 1. The molecule has 0 saturated heterocycles. The SMILES string of the molecule is CN=C(NCC1(C(=O)N(C)C)CCCC1)NC(C)c1ccccc1. The summed E-state index contributed by atoms with van der Waals surface area (Å²) in [6.45, 7) is 2.74. The van der Waals surface area contributed by atoms with E-state index in [1.807, 2.05) is 32.3 Å². The first kappa shape index (κ1) is 18.3. The number of guanidine groups is 1. The molecule has 1 aliphatic rings. The number of benzene rings is 1. The van der Waals surface area contributed by atoms with E-state index in [0.29, 0.717) is 6.54 Å². The molecule has 0 bridgehead atoms. The molecule has 0 radical (unpaired) electrons. The Balaban J connectivity index is 1.98. The van der Waals surface area contributed by atoms with Gasteiger partial charge in [0.1, 0.15) is 0 Å². The van der Waals surface area contributed by atoms with Crippen molar-refractivity contribution < 1.29 is 4.79 Å². The highest BCUT2D eigenvalue weighted by Gasteiger charge is 2.42. The highest BCUT2D eigenvalue weighted by atomic mass is 16.2. The van der Waals surface area contributed by atoms with Crippen molar-refractivity contribution in [2.45, 2.75) is 38.6 Å². The lowest BCUT2D eigenvalue weighted by atomic mass is 9.84. The second-order valence-electron chi connectivity index (χ2n) is 6.89. The van der Waals surface area contributed by atoms with Crippen LogP contribution in [0.1, 0.15) is 44.2 Å². The molecule has 0 aliphatic heterocycles. The molecule has 24 heavy (non-hydrogen) atoms. The average molecular weight is 330 g/mol. The van der Waals surface area contributed by atoms with Gasteiger partial charge in [0.05, 0.1) is 11.5 Å². The summed E-state index contributed by atoms with van der Waals surface area (Å²) in [5, 5.41) is 6.79. The highest BCUT2D eigenvalue weighted by Crippen LogP contribution is 2.38. The van der Waals surface area contributed by atoms with E-state index in [4.69, 9.17) is 0 Å². The lowest BCUT2D eigenvalue weighted by Gasteiger charge is -2.31. The van der Waals surface area contributed by atoms with E-state index in [9.17, 15) is 4.79 Å². The van der Waals surface area contributed by atoms with Crippen molar-refractivity contribution in [1.82, 2.24) is 15.5 Å². The molecule has 1 saturated carbocycles. The summed E-state index contributed by atoms with van der Waals surface area (Å²) >= 11 is 0. The predicted octanol–water partition coefficient (Wildman–Crippen LogP) is 2.56. The number of aliphatic imine (C=N–C) groups is 1. The van der Waals surface area contributed by atoms with E-state index in [-0.39, 0.29) is 17.4 Å². The van der Waals surface area contributed by atoms with Crippen molar-refractivity contribution in [3.8, 4) is 0 Å². The number of hydrogen-bond donors (Lipinski definition) is 2. The highest BCUT2D eigenvalue weighted by molar-refractivity contribution is 5.85. The van der Waals surface area contributed by atoms with Gasteiger partial charge in [-0.1, -0.05) is 43.2 Å². The lowest BCUT2D eigenvalue weighted by molar-refractivity contribution is -0.138. The minimum atomic E-state index is -0.295. The summed E-state index contributed by atoms with van der Waals surface area (Å²) in [4.78, 5) is 18.7. The zero-order valence-electron chi connectivity index (χ0n) is 15.3. The summed E-state index contributed by atoms with van der Waals surface area (Å²) in [6, 6.07) is 10.4. The minimum absolute atomic E-state index is 0.154. The van der Waals surface area contributed by atoms with Crippen molar-refractivity contribution in [2.24, 2.45) is 10.4 Å². The molecule has 1 aliphatic carbocycles. The normalized spacial score (nSPS) is 18.1. The number of nitrogens with one attached hydrogen (secondary N) is 2. The Morgan fingerprint density at radius 1 is 1.25 bits per heavy atom. The fourth-order valence-corrected chi connectivity index (χ4v) is 3.47. The molecule has 1 aromatic carbocycles. The van der Waals surface area contributed by atoms with Gasteiger partial charge in [0.25, 0.3) is 0 Å². The van der Waals surface area contributed by atoms with Crippen LogP contribution in [-0.2, 0) is 4.79 Å². The van der Waals surface area contributed by atoms with Crippen LogP contribution in [0.25, 0.3) is 0 Å². The Kier molecular flexibility index (Phi) is 6.23. The van der Waals surface area contributed by atoms with Gasteiger partial charge in [-0.15, -0.1) is 0 Å². The predicted molar refractivity (Wildman–Crippen MR) is 98.9 cm³/mol. The first-order valence-corrected chi connectivity index (χ1v) is 8.72. The second kappa shape index (κ2) is 8.18. The van der Waals surface area contributed by atoms with Crippen LogP contribution in [0.15, 0.2) is 35.3 Å². The van der Waals surface area contributed by atoms with Crippen LogP contribution in [-0.4, -0.2) is 44.5 Å². The maximum absolute atomic E-state index is 12.6. The van der Waals surface area contributed by atoms with Gasteiger partial charge in [-0.05, 0) is 25.3 Å². The molecule has 5 heteroatoms. The van der Waals surface area contributed by atoms with E-state index < -0.39 is 0 Å². The summed E-state index contributed by atoms with van der Waals surface area (Å²) in [6.07, 6.45) is 4.13. The fourth-order valence-electron chi connectivity index (χ4n) is 3.47. The number of carbonyl (C=O) groups excluding carboxylic acids is 1. The smallest absolute Gasteiger partial charge is 0.230 e. The molecule has 2 rings (SSSR count). The summed E-state index contributed by atoms with van der Waals surface area (Å²) in [7, 11) is 5.45. The number of amides is 1. The maximum atomic E-state index is 12.6. The van der Waals surface area contributed by atoms with Crippen LogP contribution < -0.4 is 10.6 Å². The molecule has 132 valence electrons. The van der Waals surface area contributed by atoms with Crippen LogP contribution in [0.3, 0.4) is 0 Å². The zero-order chi connectivity index (χ0) is 17.6. The Bertz CT molecular complexity index is 562. The largest absolute Gasteiger partial charge is 0.355 e. The molecule has 1 aromatic rings. The van der Waals surface area contributed by atoms with Gasteiger partial charge >= 0.3 is 0 Å². The topological polar surface area (TPSA) is 56.7 Å². The van der Waals surface area contributed by atoms with Crippen LogP contribution in [0.4, 0.5) is 0 Å². The third kappa shape index (κ3) is 4.28. The third-order valence-electron chi connectivity index (χ3n) is 4.89. The minimum Gasteiger partial charge on any atom is -0.355 e. The Labute approximate surface area is 145 Å². The zero-order valence-corrected chi connectivity index (χ0v) is 15.3. The molecule has 1 fully saturated rings. The quantitative estimate of drug-likeness (QED) is 0.644. The number of nitrogens with zero attached hydrogens (tertiary/aromatic N) is 2. The number of rotatable bonds is 5. The summed E-state index contributed by atoms with van der Waals surface area (Å²) in [5.74, 6) is 0.961. The monoisotopic (exact) mass is 330 g/mol. The van der Waals surface area contributed by atoms with E-state index in [2.05, 4.69) is 34.7 Å². The van der Waals surface area contributed by atoms with Gasteiger partial charge in [0.2, 0.25) is 5.91 Å². The van der Waals surface area contributed by atoms with Gasteiger partial charge in [-0.2, -0.15) is 0 Å². The Hall–Kier alpha value is -2.04. The van der Waals surface area contributed by atoms with Gasteiger partial charge in [0, 0.05) is 27.7 Å². The van der Waals surface area contributed by atoms with Gasteiger partial charge in [-0.25, -0.2) is 0 Å². The maximum Gasteiger partial charge on any atom is 0.230 e. The number of hydrogen-bond acceptors (Lipinski definition) is 2. The molecule has 5 nitrogen and oxygen atoms in total. The molecule has 0 spiro atoms. The summed E-state index contributed by atoms with van der Waals surface area (Å²) in [5.41, 5.74) is 0.914. The van der Waals surface area contributed by atoms with Crippen molar-refractivity contribution in [3.05, 3.63) is 35.9 Å². The van der Waals surface area contributed by atoms with Gasteiger partial charge in [0.15, 0.2) is 5.96 Å². The molecule has 0 aromatic heterocycles. The standard InChI is InChI=1S/C19H30N4O/c1-15(16-10-6-5-7-11-16)22-18(20-2)21-14-19(12-8-9-13-19)17(24)23(3)4/h5-7,10-11,15H,8-9,12-14H2,1-4H3,(H2,20,21,22). The summed E-state index contributed by atoms with van der Waals surface area (Å²) < 4.78 is 0. The molecular formula is C19H30N4O. The van der Waals surface area contributed by atoms with Crippen molar-refractivity contribution in [2.75, 3.05) is 27.7 Å². The second-order valence-corrected chi connectivity index (χ2v) is 6.89. The molecule has 2 N–H and O–H groups in total. The molecular weight excluding hydrogens is 300 g/mol. The Morgan fingerprint density at radius 3 is 2.42 bits per heavy atom. The van der Waals surface area contributed by atoms with Crippen molar-refractivity contribution in [3.63, 3.8) is 0 Å². The van der Waals surface area contributed by atoms with E-state index in [1.54, 1.807) is 11.9 Å². The third-order valence-corrected chi connectivity index (χ3v) is 4.89. The van der Waals surface area contributed by atoms with Crippen LogP contribution in [0.5, 0.6) is 0 Å². The van der Waals surface area contributed by atoms with Crippen molar-refractivity contribution >= 4 is 11.9 Å². The van der Waals surface area contributed by atoms with Crippen molar-refractivity contribution in [1.29, 1.82) is 0 Å². The van der Waals surface area contributed by atoms with Crippen LogP contribution >= 0.6 is 0 Å². The first-order chi connectivity index (χ1) is 11.5. The Morgan fingerprint density at radius 2 is 1.88 bits per heavy atom. The van der Waals surface area contributed by atoms with E-state index >= 15 is 0 Å². The van der Waals surface area contributed by atoms with Gasteiger partial charge < -0.3 is 15.5 Å². The van der Waals surface area contributed by atoms with E-state index in [1.165, 1.54) is 5.56 Å². The lowest BCUT2D eigenvalue weighted by Crippen LogP contribution is -2.49. The average Bonchev–Trinajstić information content (AvgIpc) is 3.08. The van der Waals surface area contributed by atoms with Gasteiger partial charge in [-0.3, -0.25) is 9.79 Å². The fraction of sp³-hybridized carbons (Fsp3) is 0.579. The molecule has 1 unspecified atom stereocenters. The first-order valence-electron chi connectivity index (χ1n) is 8.72. The molecule has 1 atom stereocenters.